The van der Waals surface area contributed by atoms with Gasteiger partial charge in [-0.2, -0.15) is 0 Å². The maximum atomic E-state index is 6.25. The lowest BCUT2D eigenvalue weighted by molar-refractivity contribution is 0.167. The number of nitrogens with zero attached hydrogens (tertiary/aromatic N) is 2. The minimum absolute atomic E-state index is 0.0757. The Morgan fingerprint density at radius 1 is 1.22 bits per heavy atom. The molecule has 1 rings (SSSR count). The zero-order valence-corrected chi connectivity index (χ0v) is 13.3. The Balaban J connectivity index is 2.75. The van der Waals surface area contributed by atoms with E-state index in [0.29, 0.717) is 5.82 Å². The zero-order valence-electron chi connectivity index (χ0n) is 12.3. The van der Waals surface area contributed by atoms with Crippen LogP contribution in [0.3, 0.4) is 0 Å². The summed E-state index contributed by atoms with van der Waals surface area (Å²) in [5, 5.41) is 0.179. The molecule has 4 nitrogen and oxygen atoms in total. The molecular formula is C13H25N3OSi. The molecule has 0 aliphatic rings. The van der Waals surface area contributed by atoms with Crippen LogP contribution < -0.4 is 5.73 Å². The van der Waals surface area contributed by atoms with E-state index in [9.17, 15) is 0 Å². The molecule has 0 bridgehead atoms. The van der Waals surface area contributed by atoms with Crippen molar-refractivity contribution in [3.63, 3.8) is 0 Å². The molecule has 1 heterocycles. The fraction of sp³-hybridized carbons (Fsp3) is 0.692. The summed E-state index contributed by atoms with van der Waals surface area (Å²) in [6.45, 7) is 13.1. The van der Waals surface area contributed by atoms with Crippen molar-refractivity contribution in [2.24, 2.45) is 5.73 Å². The Morgan fingerprint density at radius 2 is 1.72 bits per heavy atom. The molecule has 102 valence electrons. The molecule has 0 aliphatic carbocycles. The number of hydrogen-bond donors (Lipinski definition) is 1. The molecule has 5 heteroatoms. The maximum absolute atomic E-state index is 6.25. The van der Waals surface area contributed by atoms with Gasteiger partial charge >= 0.3 is 0 Å². The SMILES string of the molecule is CC(O[Si](C)(C)C(C)(C)C)C(N)c1ncccn1. The van der Waals surface area contributed by atoms with Gasteiger partial charge in [-0.05, 0) is 31.1 Å². The zero-order chi connectivity index (χ0) is 14.0. The average molecular weight is 267 g/mol. The highest BCUT2D eigenvalue weighted by molar-refractivity contribution is 6.74. The molecule has 0 saturated carbocycles. The van der Waals surface area contributed by atoms with Crippen molar-refractivity contribution in [2.45, 2.75) is 58.0 Å². The largest absolute Gasteiger partial charge is 0.412 e. The van der Waals surface area contributed by atoms with Crippen LogP contribution >= 0.6 is 0 Å². The molecule has 0 spiro atoms. The van der Waals surface area contributed by atoms with E-state index in [-0.39, 0.29) is 17.2 Å². The van der Waals surface area contributed by atoms with Crippen LogP contribution in [0.2, 0.25) is 18.1 Å². The van der Waals surface area contributed by atoms with Gasteiger partial charge in [0.05, 0.1) is 12.1 Å². The van der Waals surface area contributed by atoms with Crippen molar-refractivity contribution in [3.05, 3.63) is 24.3 Å². The molecule has 0 amide bonds. The lowest BCUT2D eigenvalue weighted by Gasteiger charge is -2.39. The molecule has 1 aromatic rings. The van der Waals surface area contributed by atoms with Gasteiger partial charge in [0.1, 0.15) is 5.82 Å². The van der Waals surface area contributed by atoms with E-state index in [4.69, 9.17) is 10.2 Å². The molecule has 1 aromatic heterocycles. The second kappa shape index (κ2) is 5.46. The number of nitrogens with two attached hydrogens (primary N) is 1. The first-order chi connectivity index (χ1) is 8.15. The van der Waals surface area contributed by atoms with Crippen molar-refractivity contribution in [1.29, 1.82) is 0 Å². The van der Waals surface area contributed by atoms with Gasteiger partial charge in [0.25, 0.3) is 0 Å². The summed E-state index contributed by atoms with van der Waals surface area (Å²) < 4.78 is 6.25. The predicted octanol–water partition coefficient (Wildman–Crippen LogP) is 2.89. The van der Waals surface area contributed by atoms with E-state index in [1.165, 1.54) is 0 Å². The van der Waals surface area contributed by atoms with E-state index in [0.717, 1.165) is 0 Å². The maximum Gasteiger partial charge on any atom is 0.192 e. The second-order valence-corrected chi connectivity index (χ2v) is 11.0. The molecule has 0 saturated heterocycles. The summed E-state index contributed by atoms with van der Waals surface area (Å²) in [7, 11) is -1.80. The van der Waals surface area contributed by atoms with Crippen LogP contribution in [0, 0.1) is 0 Å². The Labute approximate surface area is 111 Å². The minimum atomic E-state index is -1.80. The van der Waals surface area contributed by atoms with Crippen LogP contribution in [0.4, 0.5) is 0 Å². The molecule has 0 aliphatic heterocycles. The summed E-state index contributed by atoms with van der Waals surface area (Å²) in [5.41, 5.74) is 6.16. The molecule has 2 N–H and O–H groups in total. The third-order valence-corrected chi connectivity index (χ3v) is 8.25. The average Bonchev–Trinajstić information content (AvgIpc) is 2.27. The lowest BCUT2D eigenvalue weighted by Crippen LogP contribution is -2.46. The summed E-state index contributed by atoms with van der Waals surface area (Å²) >= 11 is 0. The first-order valence-electron chi connectivity index (χ1n) is 6.35. The van der Waals surface area contributed by atoms with Crippen molar-refractivity contribution in [3.8, 4) is 0 Å². The van der Waals surface area contributed by atoms with Gasteiger partial charge in [0.15, 0.2) is 8.32 Å². The molecule has 18 heavy (non-hydrogen) atoms. The highest BCUT2D eigenvalue weighted by atomic mass is 28.4. The minimum Gasteiger partial charge on any atom is -0.412 e. The smallest absolute Gasteiger partial charge is 0.192 e. The number of rotatable bonds is 4. The highest BCUT2D eigenvalue weighted by Gasteiger charge is 2.39. The van der Waals surface area contributed by atoms with E-state index in [2.05, 4.69) is 43.8 Å². The Bertz CT molecular complexity index is 376. The molecule has 0 aromatic carbocycles. The lowest BCUT2D eigenvalue weighted by atomic mass is 10.2. The van der Waals surface area contributed by atoms with E-state index >= 15 is 0 Å². The van der Waals surface area contributed by atoms with Gasteiger partial charge < -0.3 is 10.2 Å². The summed E-state index contributed by atoms with van der Waals surface area (Å²) in [6, 6.07) is 1.51. The van der Waals surface area contributed by atoms with Gasteiger partial charge in [-0.25, -0.2) is 9.97 Å². The number of hydrogen-bond acceptors (Lipinski definition) is 4. The molecule has 0 radical (unpaired) electrons. The Morgan fingerprint density at radius 3 is 2.17 bits per heavy atom. The van der Waals surface area contributed by atoms with Crippen molar-refractivity contribution >= 4 is 8.32 Å². The van der Waals surface area contributed by atoms with Crippen LogP contribution in [0.15, 0.2) is 18.5 Å². The summed E-state index contributed by atoms with van der Waals surface area (Å²) in [6.07, 6.45) is 3.34. The summed E-state index contributed by atoms with van der Waals surface area (Å²) in [4.78, 5) is 8.38. The van der Waals surface area contributed by atoms with Crippen LogP contribution in [0.25, 0.3) is 0 Å². The Hall–Kier alpha value is -0.783. The number of aromatic nitrogens is 2. The Kier molecular flexibility index (Phi) is 4.64. The first-order valence-corrected chi connectivity index (χ1v) is 9.26. The van der Waals surface area contributed by atoms with E-state index in [1.807, 2.05) is 6.92 Å². The predicted molar refractivity (Wildman–Crippen MR) is 76.7 cm³/mol. The van der Waals surface area contributed by atoms with Crippen LogP contribution in [0.1, 0.15) is 39.6 Å². The van der Waals surface area contributed by atoms with Gasteiger partial charge in [-0.3, -0.25) is 0 Å². The second-order valence-electron chi connectivity index (χ2n) is 6.22. The fourth-order valence-corrected chi connectivity index (χ4v) is 2.84. The van der Waals surface area contributed by atoms with E-state index in [1.54, 1.807) is 18.5 Å². The van der Waals surface area contributed by atoms with Crippen molar-refractivity contribution < 1.29 is 4.43 Å². The van der Waals surface area contributed by atoms with Crippen LogP contribution in [-0.4, -0.2) is 24.4 Å². The molecule has 2 unspecified atom stereocenters. The summed E-state index contributed by atoms with van der Waals surface area (Å²) in [5.74, 6) is 0.642. The van der Waals surface area contributed by atoms with Crippen LogP contribution in [0.5, 0.6) is 0 Å². The normalized spacial score (nSPS) is 16.4. The van der Waals surface area contributed by atoms with Gasteiger partial charge in [-0.15, -0.1) is 0 Å². The quantitative estimate of drug-likeness (QED) is 0.852. The third-order valence-electron chi connectivity index (χ3n) is 3.68. The van der Waals surface area contributed by atoms with Crippen LogP contribution in [-0.2, 0) is 4.43 Å². The standard InChI is InChI=1S/C13H25N3OSi/c1-10(17-18(5,6)13(2,3)4)11(14)12-15-8-7-9-16-12/h7-11H,14H2,1-6H3. The van der Waals surface area contributed by atoms with Gasteiger partial charge in [0, 0.05) is 12.4 Å². The molecular weight excluding hydrogens is 242 g/mol. The third kappa shape index (κ3) is 3.60. The van der Waals surface area contributed by atoms with Gasteiger partial charge in [-0.1, -0.05) is 20.8 Å². The molecule has 0 fully saturated rings. The van der Waals surface area contributed by atoms with E-state index < -0.39 is 8.32 Å². The highest BCUT2D eigenvalue weighted by Crippen LogP contribution is 2.38. The van der Waals surface area contributed by atoms with Crippen molar-refractivity contribution in [1.82, 2.24) is 9.97 Å². The topological polar surface area (TPSA) is 61.0 Å². The van der Waals surface area contributed by atoms with Gasteiger partial charge in [0.2, 0.25) is 0 Å². The monoisotopic (exact) mass is 267 g/mol. The molecule has 2 atom stereocenters. The fourth-order valence-electron chi connectivity index (χ4n) is 1.41. The van der Waals surface area contributed by atoms with Crippen molar-refractivity contribution in [2.75, 3.05) is 0 Å². The first kappa shape index (κ1) is 15.3.